The van der Waals surface area contributed by atoms with Crippen molar-refractivity contribution in [1.29, 1.82) is 0 Å². The van der Waals surface area contributed by atoms with E-state index in [9.17, 15) is 4.79 Å². The van der Waals surface area contributed by atoms with Gasteiger partial charge in [0.1, 0.15) is 0 Å². The van der Waals surface area contributed by atoms with Gasteiger partial charge in [0.15, 0.2) is 0 Å². The Labute approximate surface area is 91.8 Å². The number of hydrogen-bond donors (Lipinski definition) is 0. The van der Waals surface area contributed by atoms with Crippen molar-refractivity contribution in [2.75, 3.05) is 26.7 Å². The Bertz CT molecular complexity index is 220. The van der Waals surface area contributed by atoms with Crippen LogP contribution in [0.1, 0.15) is 32.1 Å². The summed E-state index contributed by atoms with van der Waals surface area (Å²) in [4.78, 5) is 14.1. The van der Waals surface area contributed by atoms with Crippen molar-refractivity contribution in [2.24, 2.45) is 11.8 Å². The normalized spacial score (nSPS) is 24.9. The third-order valence-corrected chi connectivity index (χ3v) is 3.60. The smallest absolute Gasteiger partial charge is 0.310 e. The number of hydrogen-bond acceptors (Lipinski definition) is 3. The van der Waals surface area contributed by atoms with Crippen LogP contribution in [0.2, 0.25) is 0 Å². The lowest BCUT2D eigenvalue weighted by atomic mass is 10.0. The van der Waals surface area contributed by atoms with Crippen LogP contribution in [0.3, 0.4) is 0 Å². The summed E-state index contributed by atoms with van der Waals surface area (Å²) in [7, 11) is 1.51. The van der Waals surface area contributed by atoms with E-state index < -0.39 is 0 Å². The van der Waals surface area contributed by atoms with Crippen LogP contribution in [-0.4, -0.2) is 37.6 Å². The van der Waals surface area contributed by atoms with Crippen molar-refractivity contribution in [3.63, 3.8) is 0 Å². The lowest BCUT2D eigenvalue weighted by Gasteiger charge is -2.29. The van der Waals surface area contributed by atoms with E-state index in [1.54, 1.807) is 0 Å². The molecule has 3 nitrogen and oxygen atoms in total. The van der Waals surface area contributed by atoms with E-state index in [0.29, 0.717) is 5.92 Å². The Hall–Kier alpha value is -0.570. The fourth-order valence-electron chi connectivity index (χ4n) is 2.49. The molecular weight excluding hydrogens is 190 g/mol. The SMILES string of the molecule is COC(=O)C(CN1CCCCC1)C1CC1. The molecule has 1 atom stereocenters. The van der Waals surface area contributed by atoms with Crippen molar-refractivity contribution < 1.29 is 9.53 Å². The molecule has 0 spiro atoms. The average Bonchev–Trinajstić information content (AvgIpc) is 3.10. The Morgan fingerprint density at radius 2 is 2.00 bits per heavy atom. The fraction of sp³-hybridized carbons (Fsp3) is 0.917. The maximum absolute atomic E-state index is 11.6. The van der Waals surface area contributed by atoms with Crippen LogP contribution in [0.5, 0.6) is 0 Å². The maximum atomic E-state index is 11.6. The van der Waals surface area contributed by atoms with Gasteiger partial charge in [0.2, 0.25) is 0 Å². The summed E-state index contributed by atoms with van der Waals surface area (Å²) in [5.41, 5.74) is 0. The molecule has 0 amide bonds. The highest BCUT2D eigenvalue weighted by atomic mass is 16.5. The van der Waals surface area contributed by atoms with Crippen LogP contribution in [0.25, 0.3) is 0 Å². The van der Waals surface area contributed by atoms with Crippen molar-refractivity contribution >= 4 is 5.97 Å². The van der Waals surface area contributed by atoms with E-state index in [-0.39, 0.29) is 11.9 Å². The van der Waals surface area contributed by atoms with Gasteiger partial charge in [-0.05, 0) is 44.7 Å². The summed E-state index contributed by atoms with van der Waals surface area (Å²) in [5, 5.41) is 0. The molecule has 2 rings (SSSR count). The van der Waals surface area contributed by atoms with E-state index in [0.717, 1.165) is 6.54 Å². The lowest BCUT2D eigenvalue weighted by Crippen LogP contribution is -2.38. The minimum absolute atomic E-state index is 0.00285. The zero-order chi connectivity index (χ0) is 10.7. The second-order valence-electron chi connectivity index (χ2n) is 4.83. The van der Waals surface area contributed by atoms with Gasteiger partial charge >= 0.3 is 5.97 Å². The number of rotatable bonds is 4. The standard InChI is InChI=1S/C12H21NO2/c1-15-12(14)11(10-5-6-10)9-13-7-3-2-4-8-13/h10-11H,2-9H2,1H3. The van der Waals surface area contributed by atoms with Gasteiger partial charge in [-0.25, -0.2) is 0 Å². The van der Waals surface area contributed by atoms with Gasteiger partial charge < -0.3 is 9.64 Å². The molecule has 0 radical (unpaired) electrons. The summed E-state index contributed by atoms with van der Waals surface area (Å²) < 4.78 is 4.89. The van der Waals surface area contributed by atoms with Crippen molar-refractivity contribution in [2.45, 2.75) is 32.1 Å². The molecule has 0 aromatic heterocycles. The van der Waals surface area contributed by atoms with Gasteiger partial charge in [-0.1, -0.05) is 6.42 Å². The van der Waals surface area contributed by atoms with Crippen LogP contribution >= 0.6 is 0 Å². The zero-order valence-corrected chi connectivity index (χ0v) is 9.58. The van der Waals surface area contributed by atoms with Gasteiger partial charge in [-0.3, -0.25) is 4.79 Å². The first-order valence-corrected chi connectivity index (χ1v) is 6.11. The summed E-state index contributed by atoms with van der Waals surface area (Å²) in [6.07, 6.45) is 6.36. The molecule has 0 bridgehead atoms. The second kappa shape index (κ2) is 4.97. The van der Waals surface area contributed by atoms with Crippen LogP contribution < -0.4 is 0 Å². The number of piperidine rings is 1. The predicted molar refractivity (Wildman–Crippen MR) is 58.5 cm³/mol. The minimum atomic E-state index is 0.00285. The van der Waals surface area contributed by atoms with Crippen molar-refractivity contribution in [1.82, 2.24) is 4.90 Å². The van der Waals surface area contributed by atoms with Gasteiger partial charge in [0.25, 0.3) is 0 Å². The molecule has 2 fully saturated rings. The van der Waals surface area contributed by atoms with Gasteiger partial charge in [0.05, 0.1) is 13.0 Å². The molecule has 0 aromatic carbocycles. The highest BCUT2D eigenvalue weighted by Gasteiger charge is 2.37. The molecule has 1 heterocycles. The molecule has 1 aliphatic heterocycles. The third-order valence-electron chi connectivity index (χ3n) is 3.60. The molecule has 2 aliphatic rings. The van der Waals surface area contributed by atoms with Crippen LogP contribution in [0.15, 0.2) is 0 Å². The summed E-state index contributed by atoms with van der Waals surface area (Å²) in [6, 6.07) is 0. The van der Waals surface area contributed by atoms with E-state index >= 15 is 0 Å². The summed E-state index contributed by atoms with van der Waals surface area (Å²) in [6.45, 7) is 3.26. The topological polar surface area (TPSA) is 29.5 Å². The predicted octanol–water partition coefficient (Wildman–Crippen LogP) is 1.67. The molecule has 1 unspecified atom stereocenters. The van der Waals surface area contributed by atoms with Crippen molar-refractivity contribution in [3.8, 4) is 0 Å². The van der Waals surface area contributed by atoms with Crippen LogP contribution in [0.4, 0.5) is 0 Å². The first kappa shape index (κ1) is 10.9. The van der Waals surface area contributed by atoms with Gasteiger partial charge in [-0.15, -0.1) is 0 Å². The minimum Gasteiger partial charge on any atom is -0.469 e. The number of methoxy groups -OCH3 is 1. The largest absolute Gasteiger partial charge is 0.469 e. The quantitative estimate of drug-likeness (QED) is 0.662. The molecule has 0 aromatic rings. The van der Waals surface area contributed by atoms with E-state index in [2.05, 4.69) is 4.90 Å². The number of likely N-dealkylation sites (tertiary alicyclic amines) is 1. The second-order valence-corrected chi connectivity index (χ2v) is 4.83. The molecule has 3 heteroatoms. The Morgan fingerprint density at radius 3 is 2.53 bits per heavy atom. The highest BCUT2D eigenvalue weighted by molar-refractivity contribution is 5.73. The first-order chi connectivity index (χ1) is 7.31. The van der Waals surface area contributed by atoms with E-state index in [1.165, 1.54) is 52.3 Å². The number of nitrogens with zero attached hydrogens (tertiary/aromatic N) is 1. The number of carbonyl (C=O) groups excluding carboxylic acids is 1. The van der Waals surface area contributed by atoms with Gasteiger partial charge in [0, 0.05) is 6.54 Å². The number of carbonyl (C=O) groups is 1. The third kappa shape index (κ3) is 2.94. The molecular formula is C12H21NO2. The number of ether oxygens (including phenoxy) is 1. The fourth-order valence-corrected chi connectivity index (χ4v) is 2.49. The zero-order valence-electron chi connectivity index (χ0n) is 9.58. The monoisotopic (exact) mass is 211 g/mol. The number of esters is 1. The molecule has 0 N–H and O–H groups in total. The molecule has 15 heavy (non-hydrogen) atoms. The first-order valence-electron chi connectivity index (χ1n) is 6.11. The van der Waals surface area contributed by atoms with Gasteiger partial charge in [-0.2, -0.15) is 0 Å². The van der Waals surface area contributed by atoms with Crippen molar-refractivity contribution in [3.05, 3.63) is 0 Å². The van der Waals surface area contributed by atoms with E-state index in [1.807, 2.05) is 0 Å². The Morgan fingerprint density at radius 1 is 1.33 bits per heavy atom. The molecule has 86 valence electrons. The van der Waals surface area contributed by atoms with Crippen LogP contribution in [-0.2, 0) is 9.53 Å². The molecule has 1 saturated carbocycles. The average molecular weight is 211 g/mol. The van der Waals surface area contributed by atoms with E-state index in [4.69, 9.17) is 4.74 Å². The highest BCUT2D eigenvalue weighted by Crippen LogP contribution is 2.38. The lowest BCUT2D eigenvalue weighted by molar-refractivity contribution is -0.147. The van der Waals surface area contributed by atoms with Crippen LogP contribution in [0, 0.1) is 11.8 Å². The Kier molecular flexibility index (Phi) is 3.62. The molecule has 1 saturated heterocycles. The molecule has 1 aliphatic carbocycles. The maximum Gasteiger partial charge on any atom is 0.310 e. The Balaban J connectivity index is 1.84. The summed E-state index contributed by atoms with van der Waals surface area (Å²) in [5.74, 6) is 0.760. The summed E-state index contributed by atoms with van der Waals surface area (Å²) >= 11 is 0.